The molecule has 5 heteroatoms. The molecule has 2 rings (SSSR count). The molecule has 0 fully saturated rings. The molecule has 104 valence electrons. The van der Waals surface area contributed by atoms with Gasteiger partial charge in [0.1, 0.15) is 5.75 Å². The second-order valence-electron chi connectivity index (χ2n) is 4.17. The van der Waals surface area contributed by atoms with Crippen LogP contribution in [-0.4, -0.2) is 12.2 Å². The molecule has 2 aromatic carbocycles. The first-order chi connectivity index (χ1) is 9.67. The van der Waals surface area contributed by atoms with E-state index in [4.69, 9.17) is 28.6 Å². The highest BCUT2D eigenvalue weighted by molar-refractivity contribution is 7.80. The Bertz CT molecular complexity index is 604. The maximum Gasteiger partial charge on any atom is 0.171 e. The minimum absolute atomic E-state index is 0.551. The van der Waals surface area contributed by atoms with Gasteiger partial charge in [-0.15, -0.1) is 0 Å². The molecule has 20 heavy (non-hydrogen) atoms. The topological polar surface area (TPSA) is 33.3 Å². The van der Waals surface area contributed by atoms with E-state index in [1.54, 1.807) is 7.11 Å². The third-order valence-electron chi connectivity index (χ3n) is 2.67. The van der Waals surface area contributed by atoms with Gasteiger partial charge in [0.2, 0.25) is 0 Å². The summed E-state index contributed by atoms with van der Waals surface area (Å²) >= 11 is 11.2. The Labute approximate surface area is 128 Å². The van der Waals surface area contributed by atoms with Crippen LogP contribution in [0.25, 0.3) is 0 Å². The number of hydrogen-bond acceptors (Lipinski definition) is 2. The van der Waals surface area contributed by atoms with Crippen molar-refractivity contribution in [3.8, 4) is 5.75 Å². The van der Waals surface area contributed by atoms with E-state index in [9.17, 15) is 0 Å². The van der Waals surface area contributed by atoms with E-state index in [0.29, 0.717) is 16.7 Å². The van der Waals surface area contributed by atoms with Crippen molar-refractivity contribution in [1.82, 2.24) is 5.32 Å². The molecule has 2 aromatic rings. The smallest absolute Gasteiger partial charge is 0.171 e. The maximum atomic E-state index is 5.92. The van der Waals surface area contributed by atoms with Gasteiger partial charge >= 0.3 is 0 Å². The molecule has 0 aliphatic rings. The van der Waals surface area contributed by atoms with Crippen molar-refractivity contribution >= 4 is 34.6 Å². The van der Waals surface area contributed by atoms with Crippen LogP contribution >= 0.6 is 23.8 Å². The highest BCUT2D eigenvalue weighted by atomic mass is 35.5. The van der Waals surface area contributed by atoms with Crippen molar-refractivity contribution in [3.05, 3.63) is 59.1 Å². The summed E-state index contributed by atoms with van der Waals surface area (Å²) < 4.78 is 5.18. The summed E-state index contributed by atoms with van der Waals surface area (Å²) in [5.74, 6) is 0.831. The van der Waals surface area contributed by atoms with Crippen LogP contribution in [0.4, 0.5) is 5.69 Å². The van der Waals surface area contributed by atoms with Crippen LogP contribution in [-0.2, 0) is 6.54 Å². The van der Waals surface area contributed by atoms with Gasteiger partial charge in [-0.3, -0.25) is 0 Å². The minimum atomic E-state index is 0.551. The average molecular weight is 307 g/mol. The molecule has 3 nitrogen and oxygen atoms in total. The van der Waals surface area contributed by atoms with Crippen molar-refractivity contribution in [2.24, 2.45) is 0 Å². The van der Waals surface area contributed by atoms with Crippen LogP contribution in [0.2, 0.25) is 5.02 Å². The second-order valence-corrected chi connectivity index (χ2v) is 5.01. The summed E-state index contributed by atoms with van der Waals surface area (Å²) in [6, 6.07) is 15.3. The van der Waals surface area contributed by atoms with Gasteiger partial charge in [0.15, 0.2) is 5.11 Å². The molecule has 0 atom stereocenters. The summed E-state index contributed by atoms with van der Waals surface area (Å²) in [5, 5.41) is 7.45. The standard InChI is InChI=1S/C15H15ClN2OS/c1-19-14-7-2-4-11(8-14)10-17-15(20)18-13-6-3-5-12(16)9-13/h2-9H,10H2,1H3,(H2,17,18,20). The third-order valence-corrected chi connectivity index (χ3v) is 3.15. The van der Waals surface area contributed by atoms with Gasteiger partial charge in [0.05, 0.1) is 7.11 Å². The first-order valence-corrected chi connectivity index (χ1v) is 6.89. The van der Waals surface area contributed by atoms with Crippen LogP contribution in [0.1, 0.15) is 5.56 Å². The number of benzene rings is 2. The summed E-state index contributed by atoms with van der Waals surface area (Å²) in [4.78, 5) is 0. The molecule has 0 amide bonds. The zero-order chi connectivity index (χ0) is 14.4. The first kappa shape index (κ1) is 14.6. The van der Waals surface area contributed by atoms with E-state index in [2.05, 4.69) is 10.6 Å². The summed E-state index contributed by atoms with van der Waals surface area (Å²) in [5.41, 5.74) is 1.96. The van der Waals surface area contributed by atoms with Crippen LogP contribution in [0.3, 0.4) is 0 Å². The van der Waals surface area contributed by atoms with E-state index >= 15 is 0 Å². The minimum Gasteiger partial charge on any atom is -0.497 e. The van der Waals surface area contributed by atoms with E-state index in [0.717, 1.165) is 17.0 Å². The van der Waals surface area contributed by atoms with Crippen molar-refractivity contribution < 1.29 is 4.74 Å². The Morgan fingerprint density at radius 1 is 1.20 bits per heavy atom. The van der Waals surface area contributed by atoms with E-state index < -0.39 is 0 Å². The number of anilines is 1. The Kier molecular flexibility index (Phi) is 5.21. The molecule has 0 aromatic heterocycles. The number of nitrogens with one attached hydrogen (secondary N) is 2. The van der Waals surface area contributed by atoms with Gasteiger partial charge in [0.25, 0.3) is 0 Å². The molecule has 0 saturated carbocycles. The molecule has 0 spiro atoms. The zero-order valence-corrected chi connectivity index (χ0v) is 12.6. The summed E-state index contributed by atoms with van der Waals surface area (Å²) in [6.07, 6.45) is 0. The molecular formula is C15H15ClN2OS. The lowest BCUT2D eigenvalue weighted by atomic mass is 10.2. The monoisotopic (exact) mass is 306 g/mol. The Hall–Kier alpha value is -1.78. The first-order valence-electron chi connectivity index (χ1n) is 6.11. The lowest BCUT2D eigenvalue weighted by molar-refractivity contribution is 0.414. The molecule has 0 saturated heterocycles. The zero-order valence-electron chi connectivity index (χ0n) is 11.0. The number of rotatable bonds is 4. The van der Waals surface area contributed by atoms with Crippen LogP contribution < -0.4 is 15.4 Å². The van der Waals surface area contributed by atoms with Crippen molar-refractivity contribution in [1.29, 1.82) is 0 Å². The van der Waals surface area contributed by atoms with Gasteiger partial charge in [0, 0.05) is 17.3 Å². The SMILES string of the molecule is COc1cccc(CNC(=S)Nc2cccc(Cl)c2)c1. The number of methoxy groups -OCH3 is 1. The van der Waals surface area contributed by atoms with Crippen LogP contribution in [0.15, 0.2) is 48.5 Å². The fourth-order valence-corrected chi connectivity index (χ4v) is 2.09. The fourth-order valence-electron chi connectivity index (χ4n) is 1.71. The second kappa shape index (κ2) is 7.12. The number of thiocarbonyl (C=S) groups is 1. The lowest BCUT2D eigenvalue weighted by Crippen LogP contribution is -2.27. The van der Waals surface area contributed by atoms with E-state index in [1.807, 2.05) is 48.5 Å². The highest BCUT2D eigenvalue weighted by Gasteiger charge is 2.00. The molecule has 2 N–H and O–H groups in total. The van der Waals surface area contributed by atoms with Gasteiger partial charge < -0.3 is 15.4 Å². The Morgan fingerprint density at radius 3 is 2.75 bits per heavy atom. The van der Waals surface area contributed by atoms with Crippen LogP contribution in [0, 0.1) is 0 Å². The maximum absolute atomic E-state index is 5.92. The molecule has 0 aliphatic heterocycles. The van der Waals surface area contributed by atoms with Crippen molar-refractivity contribution in [3.63, 3.8) is 0 Å². The van der Waals surface area contributed by atoms with Gasteiger partial charge in [-0.05, 0) is 48.1 Å². The van der Waals surface area contributed by atoms with E-state index in [1.165, 1.54) is 0 Å². The number of halogens is 1. The fraction of sp³-hybridized carbons (Fsp3) is 0.133. The van der Waals surface area contributed by atoms with Gasteiger partial charge in [-0.2, -0.15) is 0 Å². The predicted molar refractivity (Wildman–Crippen MR) is 87.5 cm³/mol. The highest BCUT2D eigenvalue weighted by Crippen LogP contribution is 2.15. The quantitative estimate of drug-likeness (QED) is 0.841. The number of hydrogen-bond donors (Lipinski definition) is 2. The van der Waals surface area contributed by atoms with Gasteiger partial charge in [-0.1, -0.05) is 29.8 Å². The van der Waals surface area contributed by atoms with Crippen molar-refractivity contribution in [2.45, 2.75) is 6.54 Å². The molecule has 0 unspecified atom stereocenters. The predicted octanol–water partition coefficient (Wildman–Crippen LogP) is 3.84. The molecule has 0 radical (unpaired) electrons. The summed E-state index contributed by atoms with van der Waals surface area (Å²) in [6.45, 7) is 0.629. The average Bonchev–Trinajstić information content (AvgIpc) is 2.45. The van der Waals surface area contributed by atoms with E-state index in [-0.39, 0.29) is 0 Å². The normalized spacial score (nSPS) is 9.90. The molecule has 0 heterocycles. The molecule has 0 aliphatic carbocycles. The Balaban J connectivity index is 1.88. The van der Waals surface area contributed by atoms with Gasteiger partial charge in [-0.25, -0.2) is 0 Å². The largest absolute Gasteiger partial charge is 0.497 e. The Morgan fingerprint density at radius 2 is 2.00 bits per heavy atom. The van der Waals surface area contributed by atoms with Crippen molar-refractivity contribution in [2.75, 3.05) is 12.4 Å². The van der Waals surface area contributed by atoms with Crippen LogP contribution in [0.5, 0.6) is 5.75 Å². The lowest BCUT2D eigenvalue weighted by Gasteiger charge is -2.11. The number of ether oxygens (including phenoxy) is 1. The molecule has 0 bridgehead atoms. The summed E-state index contributed by atoms with van der Waals surface area (Å²) in [7, 11) is 1.65. The molecular weight excluding hydrogens is 292 g/mol. The third kappa shape index (κ3) is 4.40.